The third-order valence-electron chi connectivity index (χ3n) is 4.62. The fourth-order valence-electron chi connectivity index (χ4n) is 3.31. The Kier molecular flexibility index (Phi) is 3.09. The fraction of sp³-hybridized carbons (Fsp3) is 0.158. The van der Waals surface area contributed by atoms with Crippen molar-refractivity contribution in [2.75, 3.05) is 11.4 Å². The minimum Gasteiger partial charge on any atom is -0.356 e. The SMILES string of the molecule is Fc1ccc(-c2onc3c2CN(c2nc4ccccc4[nH]2)CC3)cc1. The highest BCUT2D eigenvalue weighted by Gasteiger charge is 2.26. The molecular formula is C19H15FN4O. The number of rotatable bonds is 2. The molecule has 0 radical (unpaired) electrons. The third-order valence-corrected chi connectivity index (χ3v) is 4.62. The summed E-state index contributed by atoms with van der Waals surface area (Å²) in [7, 11) is 0. The molecule has 5 nitrogen and oxygen atoms in total. The van der Waals surface area contributed by atoms with Crippen LogP contribution in [0.4, 0.5) is 10.3 Å². The number of imidazole rings is 1. The summed E-state index contributed by atoms with van der Waals surface area (Å²) < 4.78 is 18.7. The molecule has 0 atom stereocenters. The zero-order chi connectivity index (χ0) is 16.8. The highest BCUT2D eigenvalue weighted by molar-refractivity contribution is 5.77. The van der Waals surface area contributed by atoms with Crippen LogP contribution >= 0.6 is 0 Å². The summed E-state index contributed by atoms with van der Waals surface area (Å²) in [5.74, 6) is 1.29. The van der Waals surface area contributed by atoms with E-state index in [1.807, 2.05) is 24.3 Å². The Bertz CT molecular complexity index is 1020. The Morgan fingerprint density at radius 3 is 2.76 bits per heavy atom. The average molecular weight is 334 g/mol. The van der Waals surface area contributed by atoms with Crippen LogP contribution in [0.2, 0.25) is 0 Å². The molecule has 25 heavy (non-hydrogen) atoms. The molecule has 0 unspecified atom stereocenters. The Morgan fingerprint density at radius 1 is 1.08 bits per heavy atom. The van der Waals surface area contributed by atoms with Crippen molar-refractivity contribution < 1.29 is 8.91 Å². The normalized spacial score (nSPS) is 14.0. The van der Waals surface area contributed by atoms with Crippen LogP contribution in [-0.2, 0) is 13.0 Å². The Balaban J connectivity index is 1.51. The van der Waals surface area contributed by atoms with Crippen LogP contribution in [0.5, 0.6) is 0 Å². The predicted octanol–water partition coefficient (Wildman–Crippen LogP) is 3.92. The maximum Gasteiger partial charge on any atom is 0.204 e. The lowest BCUT2D eigenvalue weighted by Crippen LogP contribution is -2.31. The van der Waals surface area contributed by atoms with Gasteiger partial charge in [-0.25, -0.2) is 9.37 Å². The number of nitrogens with one attached hydrogen (secondary N) is 1. The molecule has 0 spiro atoms. The van der Waals surface area contributed by atoms with Crippen molar-refractivity contribution in [2.24, 2.45) is 0 Å². The number of benzene rings is 2. The van der Waals surface area contributed by atoms with Crippen molar-refractivity contribution >= 4 is 17.0 Å². The van der Waals surface area contributed by atoms with Crippen molar-refractivity contribution in [3.63, 3.8) is 0 Å². The summed E-state index contributed by atoms with van der Waals surface area (Å²) in [6.07, 6.45) is 0.789. The average Bonchev–Trinajstić information content (AvgIpc) is 3.26. The van der Waals surface area contributed by atoms with E-state index in [9.17, 15) is 4.39 Å². The molecule has 4 aromatic rings. The number of anilines is 1. The summed E-state index contributed by atoms with van der Waals surface area (Å²) >= 11 is 0. The lowest BCUT2D eigenvalue weighted by Gasteiger charge is -2.25. The van der Waals surface area contributed by atoms with Gasteiger partial charge < -0.3 is 14.4 Å². The molecule has 0 bridgehead atoms. The summed E-state index contributed by atoms with van der Waals surface area (Å²) in [5.41, 5.74) is 4.81. The van der Waals surface area contributed by atoms with Gasteiger partial charge in [0, 0.05) is 24.1 Å². The molecular weight excluding hydrogens is 319 g/mol. The number of aromatic nitrogens is 3. The summed E-state index contributed by atoms with van der Waals surface area (Å²) in [6.45, 7) is 1.48. The maximum absolute atomic E-state index is 13.2. The topological polar surface area (TPSA) is 58.0 Å². The molecule has 0 aliphatic carbocycles. The zero-order valence-electron chi connectivity index (χ0n) is 13.4. The standard InChI is InChI=1S/C19H15FN4O/c20-13-7-5-12(6-8-13)18-14-11-24(10-9-15(14)23-25-18)19-21-16-3-1-2-4-17(16)22-19/h1-8H,9-11H2,(H,21,22). The van der Waals surface area contributed by atoms with Gasteiger partial charge in [-0.1, -0.05) is 17.3 Å². The zero-order valence-corrected chi connectivity index (χ0v) is 13.4. The van der Waals surface area contributed by atoms with Crippen LogP contribution in [0.15, 0.2) is 53.1 Å². The molecule has 6 heteroatoms. The summed E-state index contributed by atoms with van der Waals surface area (Å²) in [6, 6.07) is 14.3. The van der Waals surface area contributed by atoms with E-state index in [0.717, 1.165) is 46.8 Å². The Morgan fingerprint density at radius 2 is 1.92 bits per heavy atom. The minimum atomic E-state index is -0.263. The number of aromatic amines is 1. The van der Waals surface area contributed by atoms with E-state index in [-0.39, 0.29) is 5.82 Å². The van der Waals surface area contributed by atoms with E-state index in [0.29, 0.717) is 12.3 Å². The van der Waals surface area contributed by atoms with Crippen molar-refractivity contribution in [1.82, 2.24) is 15.1 Å². The van der Waals surface area contributed by atoms with Crippen LogP contribution in [0, 0.1) is 5.82 Å². The first-order valence-electron chi connectivity index (χ1n) is 8.21. The predicted molar refractivity (Wildman–Crippen MR) is 92.7 cm³/mol. The van der Waals surface area contributed by atoms with E-state index < -0.39 is 0 Å². The van der Waals surface area contributed by atoms with Crippen molar-refractivity contribution in [1.29, 1.82) is 0 Å². The second kappa shape index (κ2) is 5.44. The molecule has 5 rings (SSSR count). The smallest absolute Gasteiger partial charge is 0.204 e. The number of fused-ring (bicyclic) bond motifs is 2. The number of hydrogen-bond donors (Lipinski definition) is 1. The number of halogens is 1. The van der Waals surface area contributed by atoms with Gasteiger partial charge >= 0.3 is 0 Å². The molecule has 3 heterocycles. The van der Waals surface area contributed by atoms with Crippen molar-refractivity contribution in [2.45, 2.75) is 13.0 Å². The molecule has 0 amide bonds. The highest BCUT2D eigenvalue weighted by atomic mass is 19.1. The molecule has 1 aliphatic heterocycles. The second-order valence-corrected chi connectivity index (χ2v) is 6.19. The third kappa shape index (κ3) is 2.38. The van der Waals surface area contributed by atoms with Gasteiger partial charge in [-0.15, -0.1) is 0 Å². The van der Waals surface area contributed by atoms with Gasteiger partial charge in [0.2, 0.25) is 5.95 Å². The van der Waals surface area contributed by atoms with Crippen LogP contribution < -0.4 is 4.90 Å². The first kappa shape index (κ1) is 14.2. The van der Waals surface area contributed by atoms with Crippen LogP contribution in [0.25, 0.3) is 22.4 Å². The van der Waals surface area contributed by atoms with Crippen LogP contribution in [-0.4, -0.2) is 21.7 Å². The monoisotopic (exact) mass is 334 g/mol. The number of H-pyrrole nitrogens is 1. The molecule has 124 valence electrons. The Hall–Kier alpha value is -3.15. The maximum atomic E-state index is 13.2. The summed E-state index contributed by atoms with van der Waals surface area (Å²) in [4.78, 5) is 10.2. The molecule has 2 aromatic carbocycles. The van der Waals surface area contributed by atoms with E-state index in [1.165, 1.54) is 12.1 Å². The van der Waals surface area contributed by atoms with E-state index in [1.54, 1.807) is 12.1 Å². The molecule has 2 aromatic heterocycles. The largest absolute Gasteiger partial charge is 0.356 e. The van der Waals surface area contributed by atoms with Gasteiger partial charge in [0.05, 0.1) is 23.3 Å². The van der Waals surface area contributed by atoms with Gasteiger partial charge in [-0.05, 0) is 36.4 Å². The number of hydrogen-bond acceptors (Lipinski definition) is 4. The van der Waals surface area contributed by atoms with Gasteiger partial charge in [0.1, 0.15) is 5.82 Å². The number of nitrogens with zero attached hydrogens (tertiary/aromatic N) is 3. The van der Waals surface area contributed by atoms with Gasteiger partial charge in [-0.2, -0.15) is 0 Å². The Labute approximate surface area is 143 Å². The van der Waals surface area contributed by atoms with Crippen LogP contribution in [0.3, 0.4) is 0 Å². The number of para-hydroxylation sites is 2. The van der Waals surface area contributed by atoms with Gasteiger partial charge in [0.15, 0.2) is 5.76 Å². The second-order valence-electron chi connectivity index (χ2n) is 6.19. The fourth-order valence-corrected chi connectivity index (χ4v) is 3.31. The van der Waals surface area contributed by atoms with Crippen LogP contribution in [0.1, 0.15) is 11.3 Å². The molecule has 1 N–H and O–H groups in total. The lowest BCUT2D eigenvalue weighted by atomic mass is 10.0. The summed E-state index contributed by atoms with van der Waals surface area (Å²) in [5, 5.41) is 4.20. The van der Waals surface area contributed by atoms with E-state index in [2.05, 4.69) is 20.0 Å². The van der Waals surface area contributed by atoms with Crippen molar-refractivity contribution in [3.05, 3.63) is 65.6 Å². The lowest BCUT2D eigenvalue weighted by molar-refractivity contribution is 0.424. The minimum absolute atomic E-state index is 0.263. The first-order chi connectivity index (χ1) is 12.3. The quantitative estimate of drug-likeness (QED) is 0.604. The van der Waals surface area contributed by atoms with E-state index in [4.69, 9.17) is 4.52 Å². The first-order valence-corrected chi connectivity index (χ1v) is 8.21. The van der Waals surface area contributed by atoms with Gasteiger partial charge in [-0.3, -0.25) is 0 Å². The highest BCUT2D eigenvalue weighted by Crippen LogP contribution is 2.32. The van der Waals surface area contributed by atoms with Crippen molar-refractivity contribution in [3.8, 4) is 11.3 Å². The van der Waals surface area contributed by atoms with E-state index >= 15 is 0 Å². The van der Waals surface area contributed by atoms with Gasteiger partial charge in [0.25, 0.3) is 0 Å². The molecule has 0 saturated heterocycles. The molecule has 0 fully saturated rings. The molecule has 1 aliphatic rings. The molecule has 0 saturated carbocycles.